The summed E-state index contributed by atoms with van der Waals surface area (Å²) in [5.41, 5.74) is 0.399. The third-order valence-corrected chi connectivity index (χ3v) is 2.90. The summed E-state index contributed by atoms with van der Waals surface area (Å²) in [5.74, 6) is -0.154. The lowest BCUT2D eigenvalue weighted by atomic mass is 10.1. The van der Waals surface area contributed by atoms with Gasteiger partial charge in [-0.2, -0.15) is 13.2 Å². The lowest BCUT2D eigenvalue weighted by Crippen LogP contribution is -2.10. The molecule has 16 heavy (non-hydrogen) atoms. The molecular formula is C10H9ClF3NO. The van der Waals surface area contributed by atoms with Crippen molar-refractivity contribution in [2.75, 3.05) is 18.1 Å². The van der Waals surface area contributed by atoms with Gasteiger partial charge in [0.2, 0.25) is 0 Å². The maximum Gasteiger partial charge on any atom is 0.420 e. The van der Waals surface area contributed by atoms with Crippen molar-refractivity contribution < 1.29 is 17.9 Å². The van der Waals surface area contributed by atoms with E-state index in [0.29, 0.717) is 18.7 Å². The van der Waals surface area contributed by atoms with Gasteiger partial charge in [-0.3, -0.25) is 4.42 Å². The van der Waals surface area contributed by atoms with E-state index in [1.54, 1.807) is 0 Å². The number of methoxy groups -OCH3 is 1. The van der Waals surface area contributed by atoms with Crippen LogP contribution in [0.5, 0.6) is 5.75 Å². The average Bonchev–Trinajstić information content (AvgIpc) is 2.57. The van der Waals surface area contributed by atoms with Crippen LogP contribution < -0.4 is 9.16 Å². The van der Waals surface area contributed by atoms with Crippen molar-refractivity contribution >= 4 is 17.5 Å². The van der Waals surface area contributed by atoms with Gasteiger partial charge in [-0.05, 0) is 24.1 Å². The summed E-state index contributed by atoms with van der Waals surface area (Å²) >= 11 is 5.79. The molecule has 0 N–H and O–H groups in total. The topological polar surface area (TPSA) is 12.5 Å². The molecule has 0 radical (unpaired) electrons. The van der Waals surface area contributed by atoms with Gasteiger partial charge in [0, 0.05) is 18.3 Å². The van der Waals surface area contributed by atoms with Crippen LogP contribution in [0.15, 0.2) is 12.1 Å². The van der Waals surface area contributed by atoms with Gasteiger partial charge in [0.1, 0.15) is 5.75 Å². The first kappa shape index (κ1) is 11.4. The first-order valence-electron chi connectivity index (χ1n) is 4.65. The first-order chi connectivity index (χ1) is 7.43. The third kappa shape index (κ3) is 1.80. The van der Waals surface area contributed by atoms with E-state index in [4.69, 9.17) is 16.5 Å². The Labute approximate surface area is 95.7 Å². The Bertz CT molecular complexity index is 419. The van der Waals surface area contributed by atoms with Crippen LogP contribution >= 0.6 is 11.8 Å². The van der Waals surface area contributed by atoms with Crippen molar-refractivity contribution in [3.05, 3.63) is 23.3 Å². The quantitative estimate of drug-likeness (QED) is 0.711. The molecule has 0 amide bonds. The van der Waals surface area contributed by atoms with Gasteiger partial charge < -0.3 is 4.74 Å². The zero-order valence-corrected chi connectivity index (χ0v) is 9.19. The molecule has 0 saturated heterocycles. The lowest BCUT2D eigenvalue weighted by molar-refractivity contribution is -0.138. The Morgan fingerprint density at radius 3 is 2.62 bits per heavy atom. The predicted molar refractivity (Wildman–Crippen MR) is 54.9 cm³/mol. The summed E-state index contributed by atoms with van der Waals surface area (Å²) in [6, 6.07) is 2.44. The Kier molecular flexibility index (Phi) is 2.66. The van der Waals surface area contributed by atoms with E-state index in [1.807, 2.05) is 0 Å². The number of hydrogen-bond acceptors (Lipinski definition) is 2. The molecule has 1 aromatic carbocycles. The Balaban J connectivity index is 2.57. The highest BCUT2D eigenvalue weighted by Gasteiger charge is 2.36. The predicted octanol–water partition coefficient (Wildman–Crippen LogP) is 3.23. The molecule has 88 valence electrons. The molecule has 6 heteroatoms. The second-order valence-corrected chi connectivity index (χ2v) is 3.92. The van der Waals surface area contributed by atoms with Crippen LogP contribution in [0.4, 0.5) is 18.9 Å². The molecule has 2 rings (SSSR count). The number of ether oxygens (including phenoxy) is 1. The van der Waals surface area contributed by atoms with Crippen molar-refractivity contribution in [1.82, 2.24) is 0 Å². The molecular weight excluding hydrogens is 243 g/mol. The van der Waals surface area contributed by atoms with Crippen molar-refractivity contribution in [3.63, 3.8) is 0 Å². The normalized spacial score (nSPS) is 15.2. The number of rotatable bonds is 1. The molecule has 1 aromatic rings. The fraction of sp³-hybridized carbons (Fsp3) is 0.400. The van der Waals surface area contributed by atoms with Crippen LogP contribution in [0.3, 0.4) is 0 Å². The molecule has 2 nitrogen and oxygen atoms in total. The maximum atomic E-state index is 12.7. The van der Waals surface area contributed by atoms with Gasteiger partial charge in [-0.15, -0.1) is 0 Å². The van der Waals surface area contributed by atoms with Crippen LogP contribution in [0.1, 0.15) is 11.1 Å². The highest BCUT2D eigenvalue weighted by Crippen LogP contribution is 2.42. The number of halogens is 4. The third-order valence-electron chi connectivity index (χ3n) is 2.55. The number of anilines is 1. The van der Waals surface area contributed by atoms with Crippen LogP contribution in [-0.2, 0) is 12.6 Å². The highest BCUT2D eigenvalue weighted by atomic mass is 35.5. The van der Waals surface area contributed by atoms with Crippen molar-refractivity contribution in [2.45, 2.75) is 12.6 Å². The van der Waals surface area contributed by atoms with Crippen LogP contribution in [-0.4, -0.2) is 13.7 Å². The number of fused-ring (bicyclic) bond motifs is 1. The summed E-state index contributed by atoms with van der Waals surface area (Å²) in [6.45, 7) is 0.515. The monoisotopic (exact) mass is 251 g/mol. The van der Waals surface area contributed by atoms with E-state index in [2.05, 4.69) is 0 Å². The fourth-order valence-corrected chi connectivity index (χ4v) is 2.01. The van der Waals surface area contributed by atoms with Crippen LogP contribution in [0.25, 0.3) is 0 Å². The molecule has 1 aliphatic heterocycles. The van der Waals surface area contributed by atoms with E-state index < -0.39 is 11.7 Å². The minimum atomic E-state index is -4.43. The molecule has 0 spiro atoms. The van der Waals surface area contributed by atoms with Gasteiger partial charge in [0.25, 0.3) is 0 Å². The molecule has 0 fully saturated rings. The van der Waals surface area contributed by atoms with E-state index in [9.17, 15) is 13.2 Å². The SMILES string of the molecule is COc1cc2c(cc1C(F)(F)F)N(Cl)CC2. The second-order valence-electron chi connectivity index (χ2n) is 3.51. The van der Waals surface area contributed by atoms with Gasteiger partial charge in [-0.1, -0.05) is 0 Å². The van der Waals surface area contributed by atoms with Gasteiger partial charge >= 0.3 is 6.18 Å². The standard InChI is InChI=1S/C10H9ClF3NO/c1-16-9-4-6-2-3-15(11)8(6)5-7(9)10(12,13)14/h4-5H,2-3H2,1H3. The largest absolute Gasteiger partial charge is 0.496 e. The van der Waals surface area contributed by atoms with Crippen LogP contribution in [0, 0.1) is 0 Å². The Morgan fingerprint density at radius 2 is 2.06 bits per heavy atom. The molecule has 0 unspecified atom stereocenters. The number of benzene rings is 1. The van der Waals surface area contributed by atoms with E-state index in [1.165, 1.54) is 17.6 Å². The zero-order chi connectivity index (χ0) is 11.9. The molecule has 1 heterocycles. The summed E-state index contributed by atoms with van der Waals surface area (Å²) in [4.78, 5) is 0. The molecule has 1 aliphatic rings. The summed E-state index contributed by atoms with van der Waals surface area (Å²) < 4.78 is 44.1. The zero-order valence-electron chi connectivity index (χ0n) is 8.44. The minimum absolute atomic E-state index is 0.154. The minimum Gasteiger partial charge on any atom is -0.496 e. The second kappa shape index (κ2) is 3.73. The fourth-order valence-electron chi connectivity index (χ4n) is 1.77. The van der Waals surface area contributed by atoms with E-state index in [0.717, 1.165) is 11.6 Å². The molecule has 0 aliphatic carbocycles. The number of hydrogen-bond donors (Lipinski definition) is 0. The number of alkyl halides is 3. The molecule has 0 saturated carbocycles. The van der Waals surface area contributed by atoms with Gasteiger partial charge in [-0.25, -0.2) is 0 Å². The van der Waals surface area contributed by atoms with E-state index in [-0.39, 0.29) is 5.75 Å². The van der Waals surface area contributed by atoms with Crippen molar-refractivity contribution in [2.24, 2.45) is 0 Å². The summed E-state index contributed by atoms with van der Waals surface area (Å²) in [7, 11) is 1.23. The Morgan fingerprint density at radius 1 is 1.38 bits per heavy atom. The first-order valence-corrected chi connectivity index (χ1v) is 4.98. The summed E-state index contributed by atoms with van der Waals surface area (Å²) in [5, 5.41) is 0. The molecule has 0 bridgehead atoms. The van der Waals surface area contributed by atoms with Gasteiger partial charge in [0.15, 0.2) is 0 Å². The molecule has 0 atom stereocenters. The maximum absolute atomic E-state index is 12.7. The smallest absolute Gasteiger partial charge is 0.420 e. The van der Waals surface area contributed by atoms with Gasteiger partial charge in [0.05, 0.1) is 18.4 Å². The lowest BCUT2D eigenvalue weighted by Gasteiger charge is -2.15. The average molecular weight is 252 g/mol. The number of nitrogens with zero attached hydrogens (tertiary/aromatic N) is 1. The molecule has 0 aromatic heterocycles. The highest BCUT2D eigenvalue weighted by molar-refractivity contribution is 6.26. The van der Waals surface area contributed by atoms with Crippen molar-refractivity contribution in [1.29, 1.82) is 0 Å². The van der Waals surface area contributed by atoms with E-state index >= 15 is 0 Å². The van der Waals surface area contributed by atoms with Crippen LogP contribution in [0.2, 0.25) is 0 Å². The Hall–Kier alpha value is -1.10. The summed E-state index contributed by atoms with van der Waals surface area (Å²) in [6.07, 6.45) is -3.80. The van der Waals surface area contributed by atoms with Crippen molar-refractivity contribution in [3.8, 4) is 5.75 Å².